The van der Waals surface area contributed by atoms with Crippen molar-refractivity contribution < 1.29 is 0 Å². The van der Waals surface area contributed by atoms with Crippen molar-refractivity contribution >= 4 is 39.8 Å². The highest BCUT2D eigenvalue weighted by Gasteiger charge is 2.17. The Hall–Kier alpha value is -0.240. The van der Waals surface area contributed by atoms with Crippen LogP contribution in [0.2, 0.25) is 10.2 Å². The standard InChI is InChI=1S/C8H4Cl3N/c9-4-1-2-6-8(4)5(10)3-7(11)12-6/h1,3H,2H2. The minimum atomic E-state index is 0.415. The van der Waals surface area contributed by atoms with Gasteiger partial charge in [-0.15, -0.1) is 0 Å². The topological polar surface area (TPSA) is 12.9 Å². The van der Waals surface area contributed by atoms with Crippen LogP contribution in [0.1, 0.15) is 11.3 Å². The molecule has 1 heterocycles. The molecule has 1 aromatic rings. The van der Waals surface area contributed by atoms with Crippen LogP contribution in [-0.2, 0) is 6.42 Å². The molecule has 0 radical (unpaired) electrons. The summed E-state index contributed by atoms with van der Waals surface area (Å²) < 4.78 is 0. The molecule has 0 amide bonds. The molecule has 0 N–H and O–H groups in total. The molecule has 0 aliphatic heterocycles. The lowest BCUT2D eigenvalue weighted by Gasteiger charge is -2.02. The van der Waals surface area contributed by atoms with Crippen LogP contribution in [0.25, 0.3) is 5.03 Å². The van der Waals surface area contributed by atoms with Crippen molar-refractivity contribution in [3.63, 3.8) is 0 Å². The number of nitrogens with zero attached hydrogens (tertiary/aromatic N) is 1. The molecule has 1 aliphatic rings. The average molecular weight is 220 g/mol. The smallest absolute Gasteiger partial charge is 0.130 e. The Morgan fingerprint density at radius 1 is 1.25 bits per heavy atom. The van der Waals surface area contributed by atoms with E-state index >= 15 is 0 Å². The molecule has 0 spiro atoms. The van der Waals surface area contributed by atoms with E-state index in [-0.39, 0.29) is 0 Å². The number of pyridine rings is 1. The summed E-state index contributed by atoms with van der Waals surface area (Å²) in [5.74, 6) is 0. The van der Waals surface area contributed by atoms with E-state index in [0.29, 0.717) is 21.6 Å². The maximum atomic E-state index is 5.92. The minimum absolute atomic E-state index is 0.415. The van der Waals surface area contributed by atoms with Gasteiger partial charge in [0.2, 0.25) is 0 Å². The fourth-order valence-corrected chi connectivity index (χ4v) is 2.14. The third kappa shape index (κ3) is 1.22. The Balaban J connectivity index is 2.67. The van der Waals surface area contributed by atoms with Crippen molar-refractivity contribution in [3.8, 4) is 0 Å². The van der Waals surface area contributed by atoms with Crippen molar-refractivity contribution in [1.82, 2.24) is 4.98 Å². The normalized spacial score (nSPS) is 14.4. The highest BCUT2D eigenvalue weighted by Crippen LogP contribution is 2.35. The number of hydrogen-bond donors (Lipinski definition) is 0. The van der Waals surface area contributed by atoms with Gasteiger partial charge in [-0.25, -0.2) is 4.98 Å². The molecule has 12 heavy (non-hydrogen) atoms. The molecule has 1 aromatic heterocycles. The molecule has 1 aliphatic carbocycles. The molecule has 0 saturated carbocycles. The van der Waals surface area contributed by atoms with Crippen LogP contribution in [-0.4, -0.2) is 4.98 Å². The SMILES string of the molecule is ClC1=CCc2nc(Cl)cc(Cl)c21. The van der Waals surface area contributed by atoms with Gasteiger partial charge in [-0.3, -0.25) is 0 Å². The van der Waals surface area contributed by atoms with Crippen LogP contribution in [0.4, 0.5) is 0 Å². The lowest BCUT2D eigenvalue weighted by molar-refractivity contribution is 1.13. The summed E-state index contributed by atoms with van der Waals surface area (Å²) in [7, 11) is 0. The van der Waals surface area contributed by atoms with Gasteiger partial charge in [0.25, 0.3) is 0 Å². The molecule has 62 valence electrons. The number of allylic oxidation sites excluding steroid dienone is 1. The van der Waals surface area contributed by atoms with E-state index in [1.165, 1.54) is 0 Å². The van der Waals surface area contributed by atoms with E-state index in [0.717, 1.165) is 11.3 Å². The molecule has 0 bridgehead atoms. The molecule has 0 atom stereocenters. The Kier molecular flexibility index (Phi) is 2.03. The number of hydrogen-bond acceptors (Lipinski definition) is 1. The number of rotatable bonds is 0. The van der Waals surface area contributed by atoms with E-state index in [2.05, 4.69) is 4.98 Å². The molecule has 4 heteroatoms. The highest BCUT2D eigenvalue weighted by atomic mass is 35.5. The van der Waals surface area contributed by atoms with Crippen LogP contribution in [0.15, 0.2) is 12.1 Å². The maximum Gasteiger partial charge on any atom is 0.130 e. The summed E-state index contributed by atoms with van der Waals surface area (Å²) in [6.45, 7) is 0. The van der Waals surface area contributed by atoms with Gasteiger partial charge in [0.1, 0.15) is 5.15 Å². The molecule has 2 rings (SSSR count). The van der Waals surface area contributed by atoms with E-state index in [4.69, 9.17) is 34.8 Å². The molecule has 0 fully saturated rings. The monoisotopic (exact) mass is 219 g/mol. The van der Waals surface area contributed by atoms with Crippen molar-refractivity contribution in [1.29, 1.82) is 0 Å². The maximum absolute atomic E-state index is 5.92. The zero-order chi connectivity index (χ0) is 8.72. The summed E-state index contributed by atoms with van der Waals surface area (Å²) >= 11 is 17.5. The zero-order valence-corrected chi connectivity index (χ0v) is 8.21. The number of aromatic nitrogens is 1. The fourth-order valence-electron chi connectivity index (χ4n) is 1.22. The predicted molar refractivity (Wildman–Crippen MR) is 51.8 cm³/mol. The Labute approximate surface area is 85.0 Å². The van der Waals surface area contributed by atoms with Crippen LogP contribution >= 0.6 is 34.8 Å². The van der Waals surface area contributed by atoms with Crippen molar-refractivity contribution in [2.24, 2.45) is 0 Å². The third-order valence-electron chi connectivity index (χ3n) is 1.73. The lowest BCUT2D eigenvalue weighted by atomic mass is 10.2. The molecule has 0 aromatic carbocycles. The molecule has 0 saturated heterocycles. The summed E-state index contributed by atoms with van der Waals surface area (Å²) in [5, 5.41) is 1.65. The second-order valence-corrected chi connectivity index (χ2v) is 3.71. The number of fused-ring (bicyclic) bond motifs is 1. The van der Waals surface area contributed by atoms with Crippen LogP contribution in [0.3, 0.4) is 0 Å². The van der Waals surface area contributed by atoms with Gasteiger partial charge in [-0.1, -0.05) is 40.9 Å². The average Bonchev–Trinajstić information content (AvgIpc) is 2.31. The van der Waals surface area contributed by atoms with Gasteiger partial charge < -0.3 is 0 Å². The first-order valence-corrected chi connectivity index (χ1v) is 4.53. The van der Waals surface area contributed by atoms with Gasteiger partial charge in [0.05, 0.1) is 10.7 Å². The highest BCUT2D eigenvalue weighted by molar-refractivity contribution is 6.51. The molecular formula is C8H4Cl3N. The van der Waals surface area contributed by atoms with Gasteiger partial charge in [-0.05, 0) is 6.07 Å². The Bertz CT molecular complexity index is 371. The molecular weight excluding hydrogens is 216 g/mol. The van der Waals surface area contributed by atoms with Crippen molar-refractivity contribution in [2.75, 3.05) is 0 Å². The molecule has 1 nitrogen and oxygen atoms in total. The van der Waals surface area contributed by atoms with Gasteiger partial charge in [-0.2, -0.15) is 0 Å². The van der Waals surface area contributed by atoms with Gasteiger partial charge in [0.15, 0.2) is 0 Å². The summed E-state index contributed by atoms with van der Waals surface area (Å²) in [6.07, 6.45) is 2.59. The van der Waals surface area contributed by atoms with E-state index in [9.17, 15) is 0 Å². The van der Waals surface area contributed by atoms with Crippen LogP contribution in [0.5, 0.6) is 0 Å². The van der Waals surface area contributed by atoms with E-state index in [1.807, 2.05) is 6.08 Å². The Morgan fingerprint density at radius 3 is 2.75 bits per heavy atom. The first-order chi connectivity index (χ1) is 5.68. The summed E-state index contributed by atoms with van der Waals surface area (Å²) in [4.78, 5) is 4.11. The van der Waals surface area contributed by atoms with E-state index < -0.39 is 0 Å². The lowest BCUT2D eigenvalue weighted by Crippen LogP contribution is -1.89. The number of halogens is 3. The van der Waals surface area contributed by atoms with Crippen molar-refractivity contribution in [3.05, 3.63) is 33.6 Å². The zero-order valence-electron chi connectivity index (χ0n) is 5.94. The van der Waals surface area contributed by atoms with Gasteiger partial charge >= 0.3 is 0 Å². The van der Waals surface area contributed by atoms with Crippen molar-refractivity contribution in [2.45, 2.75) is 6.42 Å². The second-order valence-electron chi connectivity index (χ2n) is 2.50. The Morgan fingerprint density at radius 2 is 2.00 bits per heavy atom. The minimum Gasteiger partial charge on any atom is -0.240 e. The quantitative estimate of drug-likeness (QED) is 0.610. The summed E-state index contributed by atoms with van der Waals surface area (Å²) in [6, 6.07) is 1.60. The fraction of sp³-hybridized carbons (Fsp3) is 0.125. The summed E-state index contributed by atoms with van der Waals surface area (Å²) in [5.41, 5.74) is 1.68. The van der Waals surface area contributed by atoms with Crippen LogP contribution in [0, 0.1) is 0 Å². The second kappa shape index (κ2) is 2.91. The predicted octanol–water partition coefficient (Wildman–Crippen LogP) is 3.52. The first kappa shape index (κ1) is 8.36. The van der Waals surface area contributed by atoms with Crippen LogP contribution < -0.4 is 0 Å². The molecule has 0 unspecified atom stereocenters. The largest absolute Gasteiger partial charge is 0.240 e. The van der Waals surface area contributed by atoms with E-state index in [1.54, 1.807) is 6.07 Å². The van der Waals surface area contributed by atoms with Gasteiger partial charge in [0, 0.05) is 17.0 Å². The first-order valence-electron chi connectivity index (χ1n) is 3.39. The third-order valence-corrected chi connectivity index (χ3v) is 2.56.